The standard InChI is InChI=1S/C16H18N4OS/c1-10-19-20-9-13(18-15(20)22-10)14(21)17-12-8-6-5-7-11(12)16(2,3)4/h5-9H,1-4H3,(H,17,21). The van der Waals surface area contributed by atoms with E-state index in [1.54, 1.807) is 10.7 Å². The smallest absolute Gasteiger partial charge is 0.275 e. The molecule has 0 aliphatic carbocycles. The number of anilines is 1. The molecule has 3 aromatic rings. The fourth-order valence-corrected chi connectivity index (χ4v) is 3.07. The van der Waals surface area contributed by atoms with Crippen molar-refractivity contribution in [3.63, 3.8) is 0 Å². The number of rotatable bonds is 2. The summed E-state index contributed by atoms with van der Waals surface area (Å²) in [5, 5.41) is 8.16. The number of carbonyl (C=O) groups is 1. The number of imidazole rings is 1. The molecule has 114 valence electrons. The lowest BCUT2D eigenvalue weighted by molar-refractivity contribution is 0.102. The molecule has 0 aliphatic rings. The molecular weight excluding hydrogens is 296 g/mol. The van der Waals surface area contributed by atoms with Crippen LogP contribution in [0.2, 0.25) is 0 Å². The molecule has 2 aromatic heterocycles. The number of hydrogen-bond acceptors (Lipinski definition) is 4. The van der Waals surface area contributed by atoms with Crippen molar-refractivity contribution in [2.45, 2.75) is 33.1 Å². The van der Waals surface area contributed by atoms with Gasteiger partial charge in [0.15, 0.2) is 0 Å². The summed E-state index contributed by atoms with van der Waals surface area (Å²) < 4.78 is 1.64. The van der Waals surface area contributed by atoms with E-state index in [4.69, 9.17) is 0 Å². The maximum atomic E-state index is 12.4. The topological polar surface area (TPSA) is 59.3 Å². The Morgan fingerprint density at radius 3 is 2.68 bits per heavy atom. The maximum absolute atomic E-state index is 12.4. The van der Waals surface area contributed by atoms with Gasteiger partial charge in [-0.05, 0) is 24.0 Å². The van der Waals surface area contributed by atoms with Gasteiger partial charge in [0, 0.05) is 5.69 Å². The Morgan fingerprint density at radius 1 is 1.27 bits per heavy atom. The van der Waals surface area contributed by atoms with Gasteiger partial charge in [0.2, 0.25) is 4.96 Å². The van der Waals surface area contributed by atoms with Gasteiger partial charge in [-0.1, -0.05) is 50.3 Å². The largest absolute Gasteiger partial charge is 0.320 e. The first-order valence-electron chi connectivity index (χ1n) is 7.08. The van der Waals surface area contributed by atoms with E-state index in [-0.39, 0.29) is 11.3 Å². The van der Waals surface area contributed by atoms with E-state index in [1.165, 1.54) is 11.3 Å². The summed E-state index contributed by atoms with van der Waals surface area (Å²) in [6.45, 7) is 8.28. The van der Waals surface area contributed by atoms with Crippen LogP contribution in [0, 0.1) is 6.92 Å². The molecule has 0 spiro atoms. The molecule has 0 bridgehead atoms. The Kier molecular flexibility index (Phi) is 3.48. The average molecular weight is 314 g/mol. The Hall–Kier alpha value is -2.21. The SMILES string of the molecule is Cc1nn2cc(C(=O)Nc3ccccc3C(C)(C)C)nc2s1. The lowest BCUT2D eigenvalue weighted by Crippen LogP contribution is -2.18. The number of nitrogens with zero attached hydrogens (tertiary/aromatic N) is 3. The molecule has 5 nitrogen and oxygen atoms in total. The fourth-order valence-electron chi connectivity index (χ4n) is 2.34. The number of aromatic nitrogens is 3. The molecule has 22 heavy (non-hydrogen) atoms. The zero-order chi connectivity index (χ0) is 15.9. The second kappa shape index (κ2) is 5.21. The first-order chi connectivity index (χ1) is 10.3. The van der Waals surface area contributed by atoms with Crippen LogP contribution >= 0.6 is 11.3 Å². The molecule has 0 aliphatic heterocycles. The molecule has 1 amide bonds. The molecule has 6 heteroatoms. The van der Waals surface area contributed by atoms with Crippen molar-refractivity contribution in [3.05, 3.63) is 46.7 Å². The normalized spacial score (nSPS) is 11.8. The van der Waals surface area contributed by atoms with E-state index < -0.39 is 0 Å². The van der Waals surface area contributed by atoms with Gasteiger partial charge in [0.05, 0.1) is 6.20 Å². The van der Waals surface area contributed by atoms with Crippen LogP contribution < -0.4 is 5.32 Å². The summed E-state index contributed by atoms with van der Waals surface area (Å²) in [6, 6.07) is 7.85. The Labute approximate surface area is 133 Å². The minimum atomic E-state index is -0.216. The van der Waals surface area contributed by atoms with Crippen LogP contribution in [0.15, 0.2) is 30.5 Å². The van der Waals surface area contributed by atoms with Gasteiger partial charge in [-0.15, -0.1) is 0 Å². The number of benzene rings is 1. The third kappa shape index (κ3) is 2.74. The minimum absolute atomic E-state index is 0.0446. The quantitative estimate of drug-likeness (QED) is 0.785. The summed E-state index contributed by atoms with van der Waals surface area (Å²) in [4.78, 5) is 17.5. The highest BCUT2D eigenvalue weighted by Crippen LogP contribution is 2.29. The van der Waals surface area contributed by atoms with Gasteiger partial charge in [-0.2, -0.15) is 5.10 Å². The molecule has 3 rings (SSSR count). The molecule has 0 unspecified atom stereocenters. The van der Waals surface area contributed by atoms with Crippen LogP contribution in [0.1, 0.15) is 41.8 Å². The van der Waals surface area contributed by atoms with Gasteiger partial charge in [-0.25, -0.2) is 9.50 Å². The first-order valence-corrected chi connectivity index (χ1v) is 7.90. The number of carbonyl (C=O) groups excluding carboxylic acids is 1. The summed E-state index contributed by atoms with van der Waals surface area (Å²) >= 11 is 1.46. The molecule has 1 aromatic carbocycles. The van der Waals surface area contributed by atoms with Crippen LogP contribution in [0.25, 0.3) is 4.96 Å². The Balaban J connectivity index is 1.89. The average Bonchev–Trinajstić information content (AvgIpc) is 2.95. The van der Waals surface area contributed by atoms with Crippen molar-refractivity contribution in [1.29, 1.82) is 0 Å². The Morgan fingerprint density at radius 2 is 2.00 bits per heavy atom. The fraction of sp³-hybridized carbons (Fsp3) is 0.312. The summed E-state index contributed by atoms with van der Waals surface area (Å²) in [6.07, 6.45) is 1.66. The first kappa shape index (κ1) is 14.7. The summed E-state index contributed by atoms with van der Waals surface area (Å²) in [5.74, 6) is -0.216. The van der Waals surface area contributed by atoms with E-state index in [9.17, 15) is 4.79 Å². The lowest BCUT2D eigenvalue weighted by Gasteiger charge is -2.22. The second-order valence-electron chi connectivity index (χ2n) is 6.22. The highest BCUT2D eigenvalue weighted by Gasteiger charge is 2.20. The van der Waals surface area contributed by atoms with Crippen molar-refractivity contribution in [3.8, 4) is 0 Å². The number of fused-ring (bicyclic) bond motifs is 1. The highest BCUT2D eigenvalue weighted by atomic mass is 32.1. The van der Waals surface area contributed by atoms with E-state index >= 15 is 0 Å². The zero-order valence-electron chi connectivity index (χ0n) is 13.0. The molecule has 0 fully saturated rings. The van der Waals surface area contributed by atoms with Crippen molar-refractivity contribution in [1.82, 2.24) is 14.6 Å². The van der Waals surface area contributed by atoms with E-state index in [0.717, 1.165) is 21.2 Å². The predicted molar refractivity (Wildman–Crippen MR) is 88.7 cm³/mol. The Bertz CT molecular complexity index is 810. The van der Waals surface area contributed by atoms with Crippen LogP contribution in [0.5, 0.6) is 0 Å². The van der Waals surface area contributed by atoms with Crippen molar-refractivity contribution in [2.24, 2.45) is 0 Å². The lowest BCUT2D eigenvalue weighted by atomic mass is 9.86. The second-order valence-corrected chi connectivity index (χ2v) is 7.38. The van der Waals surface area contributed by atoms with Crippen LogP contribution in [-0.2, 0) is 5.41 Å². The van der Waals surface area contributed by atoms with Crippen LogP contribution in [0.4, 0.5) is 5.69 Å². The summed E-state index contributed by atoms with van der Waals surface area (Å²) in [5.41, 5.74) is 2.25. The monoisotopic (exact) mass is 314 g/mol. The number of hydrogen-bond donors (Lipinski definition) is 1. The minimum Gasteiger partial charge on any atom is -0.320 e. The van der Waals surface area contributed by atoms with Crippen molar-refractivity contribution >= 4 is 27.9 Å². The summed E-state index contributed by atoms with van der Waals surface area (Å²) in [7, 11) is 0. The third-order valence-corrected chi connectivity index (χ3v) is 4.20. The molecule has 0 atom stereocenters. The van der Waals surface area contributed by atoms with E-state index in [2.05, 4.69) is 36.2 Å². The highest BCUT2D eigenvalue weighted by molar-refractivity contribution is 7.16. The predicted octanol–water partition coefficient (Wildman–Crippen LogP) is 3.65. The van der Waals surface area contributed by atoms with Gasteiger partial charge in [-0.3, -0.25) is 4.79 Å². The molecule has 0 saturated heterocycles. The number of para-hydroxylation sites is 1. The van der Waals surface area contributed by atoms with Gasteiger partial charge in [0.1, 0.15) is 10.7 Å². The third-order valence-electron chi connectivity index (χ3n) is 3.36. The number of nitrogens with one attached hydrogen (secondary N) is 1. The maximum Gasteiger partial charge on any atom is 0.275 e. The molecular formula is C16H18N4OS. The molecule has 0 radical (unpaired) electrons. The van der Waals surface area contributed by atoms with Crippen LogP contribution in [-0.4, -0.2) is 20.5 Å². The molecule has 2 heterocycles. The van der Waals surface area contributed by atoms with Crippen molar-refractivity contribution in [2.75, 3.05) is 5.32 Å². The van der Waals surface area contributed by atoms with Crippen LogP contribution in [0.3, 0.4) is 0 Å². The van der Waals surface area contributed by atoms with E-state index in [1.807, 2.05) is 31.2 Å². The van der Waals surface area contributed by atoms with Gasteiger partial charge < -0.3 is 5.32 Å². The van der Waals surface area contributed by atoms with E-state index in [0.29, 0.717) is 5.69 Å². The van der Waals surface area contributed by atoms with Gasteiger partial charge in [0.25, 0.3) is 5.91 Å². The van der Waals surface area contributed by atoms with Crippen molar-refractivity contribution < 1.29 is 4.79 Å². The number of amides is 1. The molecule has 1 N–H and O–H groups in total. The molecule has 0 saturated carbocycles. The zero-order valence-corrected chi connectivity index (χ0v) is 13.9. The van der Waals surface area contributed by atoms with Gasteiger partial charge >= 0.3 is 0 Å². The number of aryl methyl sites for hydroxylation is 1.